The molecule has 5 heteroatoms. The Kier molecular flexibility index (Phi) is 15.0. The Morgan fingerprint density at radius 2 is 1.50 bits per heavy atom. The minimum absolute atomic E-state index is 0.524. The van der Waals surface area contributed by atoms with Gasteiger partial charge in [-0.2, -0.15) is 0 Å². The third kappa shape index (κ3) is 14.0. The summed E-state index contributed by atoms with van der Waals surface area (Å²) >= 11 is 0. The lowest BCUT2D eigenvalue weighted by molar-refractivity contribution is 0.153. The van der Waals surface area contributed by atoms with Gasteiger partial charge in [-0.15, -0.1) is 10.0 Å². The van der Waals surface area contributed by atoms with E-state index < -0.39 is 8.25 Å². The second kappa shape index (κ2) is 15.0. The molecule has 0 bridgehead atoms. The van der Waals surface area contributed by atoms with Gasteiger partial charge in [-0.1, -0.05) is 58.8 Å². The van der Waals surface area contributed by atoms with Crippen molar-refractivity contribution < 1.29 is 13.7 Å². The van der Waals surface area contributed by atoms with Gasteiger partial charge in [0.15, 0.2) is 0 Å². The van der Waals surface area contributed by atoms with Crippen LogP contribution in [0.1, 0.15) is 71.6 Å². The Balaban J connectivity index is 3.12. The second-order valence-electron chi connectivity index (χ2n) is 4.52. The third-order valence-electron chi connectivity index (χ3n) is 2.72. The first kappa shape index (κ1) is 18.0. The van der Waals surface area contributed by atoms with Crippen molar-refractivity contribution in [3.8, 4) is 0 Å². The summed E-state index contributed by atoms with van der Waals surface area (Å²) in [6.07, 6.45) is 10.5. The summed E-state index contributed by atoms with van der Waals surface area (Å²) in [5.41, 5.74) is 2.70. The maximum atomic E-state index is 11.3. The molecular weight excluding hydrogens is 249 g/mol. The van der Waals surface area contributed by atoms with Crippen LogP contribution in [-0.4, -0.2) is 13.2 Å². The highest BCUT2D eigenvalue weighted by atomic mass is 31.1. The molecular formula is C13H29NO3P+. The van der Waals surface area contributed by atoms with Gasteiger partial charge in [0.25, 0.3) is 0 Å². The van der Waals surface area contributed by atoms with E-state index in [-0.39, 0.29) is 0 Å². The molecule has 0 rings (SSSR count). The number of unbranched alkanes of at least 4 members (excludes halogenated alkanes) is 7. The van der Waals surface area contributed by atoms with Crippen molar-refractivity contribution in [2.75, 3.05) is 13.2 Å². The zero-order chi connectivity index (χ0) is 13.5. The molecule has 4 nitrogen and oxygen atoms in total. The predicted molar refractivity (Wildman–Crippen MR) is 75.5 cm³/mol. The van der Waals surface area contributed by atoms with Gasteiger partial charge < -0.3 is 0 Å². The van der Waals surface area contributed by atoms with Crippen molar-refractivity contribution in [1.82, 2.24) is 5.48 Å². The molecule has 0 saturated heterocycles. The van der Waals surface area contributed by atoms with Gasteiger partial charge in [0.05, 0.1) is 0 Å². The molecule has 0 aromatic rings. The van der Waals surface area contributed by atoms with Gasteiger partial charge in [-0.3, -0.25) is 0 Å². The molecule has 0 heterocycles. The lowest BCUT2D eigenvalue weighted by Gasteiger charge is -1.97. The first-order valence-corrected chi connectivity index (χ1v) is 8.40. The third-order valence-corrected chi connectivity index (χ3v) is 3.39. The van der Waals surface area contributed by atoms with Gasteiger partial charge in [-0.25, -0.2) is 0 Å². The molecule has 0 spiro atoms. The van der Waals surface area contributed by atoms with Crippen molar-refractivity contribution >= 4 is 8.25 Å². The van der Waals surface area contributed by atoms with E-state index in [9.17, 15) is 4.57 Å². The standard InChI is InChI=1S/C13H29NO3P/c1-3-5-7-9-11-13-16-18(15)17-14-12-10-8-6-4-2/h14H,3-13H2,1-2H3/q+1. The van der Waals surface area contributed by atoms with Gasteiger partial charge in [-0.05, 0) is 17.5 Å². The summed E-state index contributed by atoms with van der Waals surface area (Å²) < 4.78 is 21.2. The van der Waals surface area contributed by atoms with Crippen LogP contribution in [0.2, 0.25) is 0 Å². The molecule has 0 aliphatic heterocycles. The summed E-state index contributed by atoms with van der Waals surface area (Å²) in [4.78, 5) is 0. The summed E-state index contributed by atoms with van der Waals surface area (Å²) in [6.45, 7) is 5.62. The highest BCUT2D eigenvalue weighted by Crippen LogP contribution is 2.22. The van der Waals surface area contributed by atoms with Crippen LogP contribution >= 0.6 is 8.25 Å². The van der Waals surface area contributed by atoms with Gasteiger partial charge in [0.1, 0.15) is 6.61 Å². The van der Waals surface area contributed by atoms with Crippen LogP contribution in [0.3, 0.4) is 0 Å². The highest BCUT2D eigenvalue weighted by molar-refractivity contribution is 7.33. The summed E-state index contributed by atoms with van der Waals surface area (Å²) in [5.74, 6) is 0. The van der Waals surface area contributed by atoms with Crippen LogP contribution in [-0.2, 0) is 13.7 Å². The maximum Gasteiger partial charge on any atom is 0.716 e. The number of hydrogen-bond donors (Lipinski definition) is 1. The smallest absolute Gasteiger partial charge is 0.149 e. The van der Waals surface area contributed by atoms with Crippen LogP contribution in [0.25, 0.3) is 0 Å². The predicted octanol–water partition coefficient (Wildman–Crippen LogP) is 4.73. The molecule has 0 radical (unpaired) electrons. The van der Waals surface area contributed by atoms with Gasteiger partial charge in [0.2, 0.25) is 0 Å². The van der Waals surface area contributed by atoms with Gasteiger partial charge >= 0.3 is 8.25 Å². The fourth-order valence-corrected chi connectivity index (χ4v) is 2.12. The summed E-state index contributed by atoms with van der Waals surface area (Å²) in [5, 5.41) is 0. The maximum absolute atomic E-state index is 11.3. The molecule has 0 saturated carbocycles. The summed E-state index contributed by atoms with van der Waals surface area (Å²) in [7, 11) is -1.99. The zero-order valence-electron chi connectivity index (χ0n) is 12.0. The number of hydroxylamine groups is 1. The van der Waals surface area contributed by atoms with Crippen molar-refractivity contribution in [3.05, 3.63) is 0 Å². The van der Waals surface area contributed by atoms with Crippen molar-refractivity contribution in [2.24, 2.45) is 0 Å². The average molecular weight is 278 g/mol. The fraction of sp³-hybridized carbons (Fsp3) is 1.00. The Hall–Kier alpha value is -0.0200. The fourth-order valence-electron chi connectivity index (χ4n) is 1.59. The number of rotatable bonds is 14. The minimum Gasteiger partial charge on any atom is -0.149 e. The first-order chi connectivity index (χ1) is 8.81. The Bertz CT molecular complexity index is 173. The lowest BCUT2D eigenvalue weighted by Crippen LogP contribution is -2.12. The Morgan fingerprint density at radius 1 is 0.889 bits per heavy atom. The topological polar surface area (TPSA) is 47.6 Å². The van der Waals surface area contributed by atoms with Gasteiger partial charge in [0, 0.05) is 11.1 Å². The lowest BCUT2D eigenvalue weighted by atomic mass is 10.2. The molecule has 0 amide bonds. The van der Waals surface area contributed by atoms with Crippen LogP contribution in [0.15, 0.2) is 0 Å². The largest absolute Gasteiger partial charge is 0.716 e. The highest BCUT2D eigenvalue weighted by Gasteiger charge is 2.19. The molecule has 1 N–H and O–H groups in total. The monoisotopic (exact) mass is 278 g/mol. The molecule has 0 aromatic heterocycles. The molecule has 0 aliphatic carbocycles. The van der Waals surface area contributed by atoms with E-state index in [4.69, 9.17) is 9.15 Å². The number of hydrogen-bond acceptors (Lipinski definition) is 4. The first-order valence-electron chi connectivity index (χ1n) is 7.31. The van der Waals surface area contributed by atoms with E-state index in [2.05, 4.69) is 19.3 Å². The second-order valence-corrected chi connectivity index (χ2v) is 5.41. The van der Waals surface area contributed by atoms with Crippen LogP contribution in [0, 0.1) is 0 Å². The van der Waals surface area contributed by atoms with Crippen LogP contribution < -0.4 is 5.48 Å². The van der Waals surface area contributed by atoms with Crippen molar-refractivity contribution in [3.63, 3.8) is 0 Å². The normalized spacial score (nSPS) is 11.8. The zero-order valence-corrected chi connectivity index (χ0v) is 12.8. The quantitative estimate of drug-likeness (QED) is 0.283. The average Bonchev–Trinajstić information content (AvgIpc) is 2.38. The van der Waals surface area contributed by atoms with Crippen LogP contribution in [0.5, 0.6) is 0 Å². The van der Waals surface area contributed by atoms with E-state index in [0.717, 1.165) is 25.8 Å². The van der Waals surface area contributed by atoms with E-state index in [1.54, 1.807) is 0 Å². The van der Waals surface area contributed by atoms with E-state index in [1.807, 2.05) is 0 Å². The van der Waals surface area contributed by atoms with E-state index in [1.165, 1.54) is 38.5 Å². The SMILES string of the molecule is CCCCCCCO[P+](=O)ONCCCCCC. The molecule has 108 valence electrons. The van der Waals surface area contributed by atoms with Crippen LogP contribution in [0.4, 0.5) is 0 Å². The van der Waals surface area contributed by atoms with Crippen molar-refractivity contribution in [2.45, 2.75) is 71.6 Å². The minimum atomic E-state index is -1.99. The number of nitrogens with one attached hydrogen (secondary N) is 1. The molecule has 0 fully saturated rings. The van der Waals surface area contributed by atoms with Crippen molar-refractivity contribution in [1.29, 1.82) is 0 Å². The molecule has 0 aromatic carbocycles. The molecule has 1 unspecified atom stereocenters. The summed E-state index contributed by atoms with van der Waals surface area (Å²) in [6, 6.07) is 0. The van der Waals surface area contributed by atoms with E-state index in [0.29, 0.717) is 6.61 Å². The molecule has 1 atom stereocenters. The Morgan fingerprint density at radius 3 is 2.17 bits per heavy atom. The molecule has 0 aliphatic rings. The Labute approximate surface area is 113 Å². The van der Waals surface area contributed by atoms with E-state index >= 15 is 0 Å². The molecule has 18 heavy (non-hydrogen) atoms.